The topological polar surface area (TPSA) is 41.6 Å². The maximum atomic E-state index is 12.3. The average Bonchev–Trinajstić information content (AvgIpc) is 2.28. The second-order valence-corrected chi connectivity index (χ2v) is 3.95. The van der Waals surface area contributed by atoms with Gasteiger partial charge in [-0.1, -0.05) is 13.3 Å². The van der Waals surface area contributed by atoms with Crippen LogP contribution in [0.2, 0.25) is 0 Å². The van der Waals surface area contributed by atoms with Gasteiger partial charge in [-0.05, 0) is 6.42 Å². The van der Waals surface area contributed by atoms with Crippen molar-refractivity contribution in [2.24, 2.45) is 0 Å². The van der Waals surface area contributed by atoms with Gasteiger partial charge in [-0.3, -0.25) is 4.79 Å². The molecule has 18 heavy (non-hydrogen) atoms. The maximum absolute atomic E-state index is 12.3. The summed E-state index contributed by atoms with van der Waals surface area (Å²) in [6, 6.07) is 0. The molecule has 0 aliphatic rings. The predicted molar refractivity (Wildman–Crippen MR) is 62.3 cm³/mol. The van der Waals surface area contributed by atoms with E-state index >= 15 is 0 Å². The molecule has 0 saturated carbocycles. The Morgan fingerprint density at radius 3 is 2.56 bits per heavy atom. The first-order valence-electron chi connectivity index (χ1n) is 5.95. The van der Waals surface area contributed by atoms with Crippen LogP contribution in [0.3, 0.4) is 0 Å². The first kappa shape index (κ1) is 17.2. The minimum Gasteiger partial charge on any atom is -0.383 e. The molecule has 1 amide bonds. The molecule has 0 atom stereocenters. The summed E-state index contributed by atoms with van der Waals surface area (Å²) in [6.07, 6.45) is -3.03. The Kier molecular flexibility index (Phi) is 8.74. The number of hydrogen-bond acceptors (Lipinski definition) is 3. The lowest BCUT2D eigenvalue weighted by molar-refractivity contribution is -0.160. The van der Waals surface area contributed by atoms with Gasteiger partial charge in [-0.25, -0.2) is 0 Å². The number of nitrogens with one attached hydrogen (secondary N) is 1. The van der Waals surface area contributed by atoms with E-state index in [1.165, 1.54) is 7.11 Å². The fourth-order valence-electron chi connectivity index (χ4n) is 1.34. The molecule has 1 N–H and O–H groups in total. The number of amides is 1. The summed E-state index contributed by atoms with van der Waals surface area (Å²) >= 11 is 0. The molecule has 0 rings (SSSR count). The van der Waals surface area contributed by atoms with Crippen LogP contribution in [0.25, 0.3) is 0 Å². The van der Waals surface area contributed by atoms with Crippen molar-refractivity contribution in [3.8, 4) is 0 Å². The van der Waals surface area contributed by atoms with E-state index < -0.39 is 18.6 Å². The third kappa shape index (κ3) is 9.23. The highest BCUT2D eigenvalue weighted by molar-refractivity contribution is 5.78. The molecule has 0 heterocycles. The van der Waals surface area contributed by atoms with Gasteiger partial charge in [0.2, 0.25) is 5.91 Å². The van der Waals surface area contributed by atoms with Crippen LogP contribution in [0.5, 0.6) is 0 Å². The van der Waals surface area contributed by atoms with E-state index in [0.29, 0.717) is 19.6 Å². The van der Waals surface area contributed by atoms with Gasteiger partial charge >= 0.3 is 6.18 Å². The van der Waals surface area contributed by atoms with Gasteiger partial charge < -0.3 is 15.0 Å². The van der Waals surface area contributed by atoms with Gasteiger partial charge in [-0.15, -0.1) is 0 Å². The van der Waals surface area contributed by atoms with Crippen LogP contribution in [0.1, 0.15) is 19.8 Å². The van der Waals surface area contributed by atoms with E-state index in [2.05, 4.69) is 5.32 Å². The second kappa shape index (κ2) is 9.16. The molecular formula is C11H21F3N2O2. The number of alkyl halides is 3. The summed E-state index contributed by atoms with van der Waals surface area (Å²) < 4.78 is 41.7. The molecule has 0 fully saturated rings. The first-order chi connectivity index (χ1) is 8.40. The van der Waals surface area contributed by atoms with Crippen LogP contribution in [-0.4, -0.2) is 56.9 Å². The lowest BCUT2D eigenvalue weighted by Gasteiger charge is -2.24. The van der Waals surface area contributed by atoms with Crippen molar-refractivity contribution >= 4 is 5.91 Å². The Morgan fingerprint density at radius 2 is 2.06 bits per heavy atom. The summed E-state index contributed by atoms with van der Waals surface area (Å²) in [7, 11) is 1.51. The van der Waals surface area contributed by atoms with E-state index in [4.69, 9.17) is 4.74 Å². The number of halogens is 3. The minimum atomic E-state index is -4.35. The molecule has 0 bridgehead atoms. The van der Waals surface area contributed by atoms with Gasteiger partial charge in [0.25, 0.3) is 0 Å². The molecule has 0 aromatic carbocycles. The molecule has 0 aromatic rings. The van der Waals surface area contributed by atoms with Crippen LogP contribution in [-0.2, 0) is 9.53 Å². The second-order valence-electron chi connectivity index (χ2n) is 3.95. The van der Waals surface area contributed by atoms with Gasteiger partial charge in [-0.2, -0.15) is 13.2 Å². The summed E-state index contributed by atoms with van der Waals surface area (Å²) in [6.45, 7) is 1.59. The first-order valence-corrected chi connectivity index (χ1v) is 5.95. The molecule has 108 valence electrons. The number of carbonyl (C=O) groups excluding carboxylic acids is 1. The van der Waals surface area contributed by atoms with Crippen LogP contribution in [0, 0.1) is 0 Å². The van der Waals surface area contributed by atoms with Crippen LogP contribution in [0.4, 0.5) is 13.2 Å². The number of carbonyl (C=O) groups is 1. The van der Waals surface area contributed by atoms with Gasteiger partial charge in [0, 0.05) is 20.2 Å². The number of rotatable bonds is 9. The molecule has 4 nitrogen and oxygen atoms in total. The molecular weight excluding hydrogens is 249 g/mol. The highest BCUT2D eigenvalue weighted by Gasteiger charge is 2.32. The SMILES string of the molecule is CCCCN(CC(F)(F)F)C(=O)CNCCOC. The lowest BCUT2D eigenvalue weighted by atomic mass is 10.3. The molecule has 0 aliphatic carbocycles. The third-order valence-electron chi connectivity index (χ3n) is 2.26. The van der Waals surface area contributed by atoms with E-state index in [9.17, 15) is 18.0 Å². The molecule has 7 heteroatoms. The fraction of sp³-hybridized carbons (Fsp3) is 0.909. The molecule has 0 aliphatic heterocycles. The Hall–Kier alpha value is -0.820. The van der Waals surface area contributed by atoms with E-state index in [-0.39, 0.29) is 13.1 Å². The monoisotopic (exact) mass is 270 g/mol. The zero-order chi connectivity index (χ0) is 14.0. The number of unbranched alkanes of at least 4 members (excludes halogenated alkanes) is 1. The third-order valence-corrected chi connectivity index (χ3v) is 2.26. The Bertz CT molecular complexity index is 235. The Labute approximate surface area is 105 Å². The molecule has 0 aromatic heterocycles. The van der Waals surface area contributed by atoms with Gasteiger partial charge in [0.1, 0.15) is 6.54 Å². The average molecular weight is 270 g/mol. The number of methoxy groups -OCH3 is 1. The highest BCUT2D eigenvalue weighted by atomic mass is 19.4. The summed E-state index contributed by atoms with van der Waals surface area (Å²) in [5, 5.41) is 2.75. The van der Waals surface area contributed by atoms with E-state index in [1.54, 1.807) is 0 Å². The number of hydrogen-bond donors (Lipinski definition) is 1. The fourth-order valence-corrected chi connectivity index (χ4v) is 1.34. The quantitative estimate of drug-likeness (QED) is 0.644. The van der Waals surface area contributed by atoms with Crippen molar-refractivity contribution in [1.29, 1.82) is 0 Å². The van der Waals surface area contributed by atoms with Crippen LogP contribution in [0.15, 0.2) is 0 Å². The van der Waals surface area contributed by atoms with Crippen molar-refractivity contribution in [3.05, 3.63) is 0 Å². The highest BCUT2D eigenvalue weighted by Crippen LogP contribution is 2.16. The summed E-state index contributed by atoms with van der Waals surface area (Å²) in [4.78, 5) is 12.5. The number of nitrogens with zero attached hydrogens (tertiary/aromatic N) is 1. The number of ether oxygens (including phenoxy) is 1. The van der Waals surface area contributed by atoms with Crippen molar-refractivity contribution in [3.63, 3.8) is 0 Å². The maximum Gasteiger partial charge on any atom is 0.406 e. The molecule has 0 spiro atoms. The zero-order valence-electron chi connectivity index (χ0n) is 10.8. The standard InChI is InChI=1S/C11H21F3N2O2/c1-3-4-6-16(9-11(12,13)14)10(17)8-15-5-7-18-2/h15H,3-9H2,1-2H3. The van der Waals surface area contributed by atoms with Crippen molar-refractivity contribution in [2.45, 2.75) is 25.9 Å². The summed E-state index contributed by atoms with van der Waals surface area (Å²) in [5.41, 5.74) is 0. The smallest absolute Gasteiger partial charge is 0.383 e. The Morgan fingerprint density at radius 1 is 1.39 bits per heavy atom. The Balaban J connectivity index is 4.14. The van der Waals surface area contributed by atoms with Crippen LogP contribution < -0.4 is 5.32 Å². The van der Waals surface area contributed by atoms with Crippen molar-refractivity contribution in [2.75, 3.05) is 39.9 Å². The van der Waals surface area contributed by atoms with Gasteiger partial charge in [0.05, 0.1) is 13.2 Å². The van der Waals surface area contributed by atoms with Crippen LogP contribution >= 0.6 is 0 Å². The minimum absolute atomic E-state index is 0.0941. The molecule has 0 unspecified atom stereocenters. The van der Waals surface area contributed by atoms with E-state index in [0.717, 1.165) is 11.3 Å². The zero-order valence-corrected chi connectivity index (χ0v) is 10.8. The van der Waals surface area contributed by atoms with Crippen molar-refractivity contribution in [1.82, 2.24) is 10.2 Å². The lowest BCUT2D eigenvalue weighted by Crippen LogP contribution is -2.44. The summed E-state index contributed by atoms with van der Waals surface area (Å²) in [5.74, 6) is -0.531. The van der Waals surface area contributed by atoms with E-state index in [1.807, 2.05) is 6.92 Å². The molecule has 0 saturated heterocycles. The predicted octanol–water partition coefficient (Wildman–Crippen LogP) is 1.41. The largest absolute Gasteiger partial charge is 0.406 e. The van der Waals surface area contributed by atoms with Gasteiger partial charge in [0.15, 0.2) is 0 Å². The van der Waals surface area contributed by atoms with Crippen molar-refractivity contribution < 1.29 is 22.7 Å². The normalized spacial score (nSPS) is 11.6. The molecule has 0 radical (unpaired) electrons.